The van der Waals surface area contributed by atoms with E-state index in [1.807, 2.05) is 0 Å². The maximum Gasteiger partial charge on any atom is 0.422 e. The minimum Gasteiger partial charge on any atom is -0.467 e. The molecule has 0 fully saturated rings. The molecule has 0 unspecified atom stereocenters. The zero-order valence-corrected chi connectivity index (χ0v) is 13.1. The molecule has 0 aliphatic heterocycles. The first-order valence-corrected chi connectivity index (χ1v) is 6.61. The molecule has 1 aromatic rings. The molecule has 1 aromatic heterocycles. The Bertz CT molecular complexity index is 515. The molecular weight excluding hydrogens is 357 g/mol. The second-order valence-electron chi connectivity index (χ2n) is 5.04. The lowest BCUT2D eigenvalue weighted by atomic mass is 10.2. The van der Waals surface area contributed by atoms with Crippen LogP contribution in [-0.2, 0) is 4.74 Å². The minimum atomic E-state index is -4.50. The fourth-order valence-corrected chi connectivity index (χ4v) is 1.53. The van der Waals surface area contributed by atoms with Gasteiger partial charge in [-0.25, -0.2) is 9.78 Å². The first kappa shape index (κ1) is 17.5. The Morgan fingerprint density at radius 1 is 1.38 bits per heavy atom. The van der Waals surface area contributed by atoms with Crippen LogP contribution in [0.15, 0.2) is 16.7 Å². The van der Waals surface area contributed by atoms with Crippen molar-refractivity contribution < 1.29 is 27.4 Å². The number of hydrogen-bond acceptors (Lipinski definition) is 4. The quantitative estimate of drug-likeness (QED) is 0.868. The molecule has 0 aromatic carbocycles. The first-order chi connectivity index (χ1) is 9.46. The zero-order valence-electron chi connectivity index (χ0n) is 11.5. The fraction of sp³-hybridized carbons (Fsp3) is 0.500. The van der Waals surface area contributed by atoms with E-state index in [4.69, 9.17) is 4.74 Å². The van der Waals surface area contributed by atoms with Gasteiger partial charge in [0, 0.05) is 10.7 Å². The molecule has 0 saturated carbocycles. The largest absolute Gasteiger partial charge is 0.467 e. The number of alkyl halides is 3. The lowest BCUT2D eigenvalue weighted by Crippen LogP contribution is -2.27. The van der Waals surface area contributed by atoms with Crippen molar-refractivity contribution in [3.05, 3.63) is 16.7 Å². The lowest BCUT2D eigenvalue weighted by molar-refractivity contribution is -0.153. The summed E-state index contributed by atoms with van der Waals surface area (Å²) in [5.41, 5.74) is -0.765. The molecule has 0 aliphatic rings. The standard InChI is InChI=1S/C12H14BrF3N2O3/c1-11(2,3)21-10(19)18-8-4-7(13)5-17-9(8)20-6-12(14,15)16/h4-5H,6H2,1-3H3,(H,18,19). The van der Waals surface area contributed by atoms with Crippen molar-refractivity contribution in [3.63, 3.8) is 0 Å². The highest BCUT2D eigenvalue weighted by Gasteiger charge is 2.29. The van der Waals surface area contributed by atoms with Gasteiger partial charge in [0.25, 0.3) is 0 Å². The normalized spacial score (nSPS) is 12.0. The van der Waals surface area contributed by atoms with Gasteiger partial charge >= 0.3 is 12.3 Å². The number of anilines is 1. The molecule has 21 heavy (non-hydrogen) atoms. The van der Waals surface area contributed by atoms with E-state index in [9.17, 15) is 18.0 Å². The van der Waals surface area contributed by atoms with E-state index >= 15 is 0 Å². The summed E-state index contributed by atoms with van der Waals surface area (Å²) in [7, 11) is 0. The van der Waals surface area contributed by atoms with E-state index in [-0.39, 0.29) is 11.6 Å². The van der Waals surface area contributed by atoms with Crippen LogP contribution in [0.3, 0.4) is 0 Å². The first-order valence-electron chi connectivity index (χ1n) is 5.81. The maximum absolute atomic E-state index is 12.2. The number of halogens is 4. The number of amides is 1. The summed E-state index contributed by atoms with van der Waals surface area (Å²) in [5, 5.41) is 2.30. The molecule has 0 aliphatic carbocycles. The molecule has 0 bridgehead atoms. The SMILES string of the molecule is CC(C)(C)OC(=O)Nc1cc(Br)cnc1OCC(F)(F)F. The predicted octanol–water partition coefficient (Wildman–Crippen LogP) is 4.13. The van der Waals surface area contributed by atoms with Gasteiger partial charge < -0.3 is 9.47 Å². The van der Waals surface area contributed by atoms with Crippen molar-refractivity contribution in [2.75, 3.05) is 11.9 Å². The van der Waals surface area contributed by atoms with Gasteiger partial charge in [0.1, 0.15) is 11.3 Å². The Morgan fingerprint density at radius 2 is 2.00 bits per heavy atom. The number of carbonyl (C=O) groups excluding carboxylic acids is 1. The Balaban J connectivity index is 2.84. The van der Waals surface area contributed by atoms with Gasteiger partial charge in [-0.2, -0.15) is 13.2 Å². The third kappa shape index (κ3) is 7.16. The Kier molecular flexibility index (Phi) is 5.43. The highest BCUT2D eigenvalue weighted by Crippen LogP contribution is 2.27. The molecular formula is C12H14BrF3N2O3. The highest BCUT2D eigenvalue weighted by atomic mass is 79.9. The molecule has 1 heterocycles. The van der Waals surface area contributed by atoms with Crippen LogP contribution in [0.2, 0.25) is 0 Å². The van der Waals surface area contributed by atoms with Gasteiger partial charge in [-0.05, 0) is 42.8 Å². The topological polar surface area (TPSA) is 60.5 Å². The number of rotatable bonds is 3. The second-order valence-corrected chi connectivity index (χ2v) is 5.95. The van der Waals surface area contributed by atoms with Crippen LogP contribution in [0.5, 0.6) is 5.88 Å². The summed E-state index contributed by atoms with van der Waals surface area (Å²) in [4.78, 5) is 15.3. The van der Waals surface area contributed by atoms with Crippen molar-refractivity contribution in [1.29, 1.82) is 0 Å². The highest BCUT2D eigenvalue weighted by molar-refractivity contribution is 9.10. The lowest BCUT2D eigenvalue weighted by Gasteiger charge is -2.20. The van der Waals surface area contributed by atoms with E-state index in [1.165, 1.54) is 12.3 Å². The van der Waals surface area contributed by atoms with Crippen LogP contribution >= 0.6 is 15.9 Å². The number of nitrogens with one attached hydrogen (secondary N) is 1. The fourth-order valence-electron chi connectivity index (χ4n) is 1.20. The number of nitrogens with zero attached hydrogens (tertiary/aromatic N) is 1. The van der Waals surface area contributed by atoms with Crippen LogP contribution in [0.25, 0.3) is 0 Å². The second kappa shape index (κ2) is 6.50. The third-order valence-electron chi connectivity index (χ3n) is 1.83. The maximum atomic E-state index is 12.2. The van der Waals surface area contributed by atoms with Crippen LogP contribution in [0, 0.1) is 0 Å². The Hall–Kier alpha value is -1.51. The van der Waals surface area contributed by atoms with Crippen LogP contribution < -0.4 is 10.1 Å². The number of hydrogen-bond donors (Lipinski definition) is 1. The predicted molar refractivity (Wildman–Crippen MR) is 73.3 cm³/mol. The summed E-state index contributed by atoms with van der Waals surface area (Å²) in [6.45, 7) is 3.47. The number of aromatic nitrogens is 1. The van der Waals surface area contributed by atoms with Gasteiger partial charge in [0.15, 0.2) is 6.61 Å². The smallest absolute Gasteiger partial charge is 0.422 e. The van der Waals surface area contributed by atoms with Gasteiger partial charge in [-0.1, -0.05) is 0 Å². The number of ether oxygens (including phenoxy) is 2. The van der Waals surface area contributed by atoms with Crippen molar-refractivity contribution in [3.8, 4) is 5.88 Å². The molecule has 118 valence electrons. The average Bonchev–Trinajstić information content (AvgIpc) is 2.23. The van der Waals surface area contributed by atoms with E-state index in [0.29, 0.717) is 4.47 Å². The number of carbonyl (C=O) groups is 1. The van der Waals surface area contributed by atoms with Crippen molar-refractivity contribution >= 4 is 27.7 Å². The average molecular weight is 371 g/mol. The molecule has 1 rings (SSSR count). The minimum absolute atomic E-state index is 0.0251. The van der Waals surface area contributed by atoms with Crippen molar-refractivity contribution in [2.24, 2.45) is 0 Å². The van der Waals surface area contributed by atoms with Crippen molar-refractivity contribution in [1.82, 2.24) is 4.98 Å². The summed E-state index contributed by atoms with van der Waals surface area (Å²) in [6.07, 6.45) is -4.07. The molecule has 0 saturated heterocycles. The molecule has 1 amide bonds. The van der Waals surface area contributed by atoms with Gasteiger partial charge in [0.05, 0.1) is 0 Å². The summed E-state index contributed by atoms with van der Waals surface area (Å²) in [5.74, 6) is -0.346. The third-order valence-corrected chi connectivity index (χ3v) is 2.26. The van der Waals surface area contributed by atoms with E-state index in [0.717, 1.165) is 0 Å². The van der Waals surface area contributed by atoms with E-state index < -0.39 is 24.5 Å². The van der Waals surface area contributed by atoms with Gasteiger partial charge in [-0.15, -0.1) is 0 Å². The molecule has 5 nitrogen and oxygen atoms in total. The molecule has 0 atom stereocenters. The Morgan fingerprint density at radius 3 is 2.52 bits per heavy atom. The van der Waals surface area contributed by atoms with Gasteiger partial charge in [0.2, 0.25) is 5.88 Å². The summed E-state index contributed by atoms with van der Waals surface area (Å²) >= 11 is 3.11. The van der Waals surface area contributed by atoms with Crippen LogP contribution in [-0.4, -0.2) is 29.5 Å². The van der Waals surface area contributed by atoms with E-state index in [1.54, 1.807) is 20.8 Å². The Labute approximate surface area is 128 Å². The molecule has 9 heteroatoms. The summed E-state index contributed by atoms with van der Waals surface area (Å²) in [6, 6.07) is 1.36. The molecule has 0 radical (unpaired) electrons. The molecule has 1 N–H and O–H groups in total. The number of pyridine rings is 1. The van der Waals surface area contributed by atoms with Crippen LogP contribution in [0.1, 0.15) is 20.8 Å². The van der Waals surface area contributed by atoms with Crippen molar-refractivity contribution in [2.45, 2.75) is 32.5 Å². The van der Waals surface area contributed by atoms with E-state index in [2.05, 4.69) is 31.0 Å². The molecule has 0 spiro atoms. The van der Waals surface area contributed by atoms with Crippen LogP contribution in [0.4, 0.5) is 23.7 Å². The monoisotopic (exact) mass is 370 g/mol. The summed E-state index contributed by atoms with van der Waals surface area (Å²) < 4.78 is 46.5. The van der Waals surface area contributed by atoms with Gasteiger partial charge in [-0.3, -0.25) is 5.32 Å². The zero-order chi connectivity index (χ0) is 16.3.